The van der Waals surface area contributed by atoms with Gasteiger partial charge >= 0.3 is 5.97 Å². The first-order chi connectivity index (χ1) is 14.6. The zero-order valence-electron chi connectivity index (χ0n) is 15.9. The maximum absolute atomic E-state index is 13.0. The second-order valence-corrected chi connectivity index (χ2v) is 7.29. The molecule has 6 heteroatoms. The third kappa shape index (κ3) is 3.06. The molecule has 5 rings (SSSR count). The molecular weight excluding hydrogens is 384 g/mol. The number of ether oxygens (including phenoxy) is 3. The maximum Gasteiger partial charge on any atom is 0.315 e. The van der Waals surface area contributed by atoms with Crippen LogP contribution in [0.4, 0.5) is 0 Å². The number of ketones is 1. The van der Waals surface area contributed by atoms with Crippen molar-refractivity contribution in [1.82, 2.24) is 0 Å². The summed E-state index contributed by atoms with van der Waals surface area (Å²) in [6.45, 7) is 0.491. The van der Waals surface area contributed by atoms with Gasteiger partial charge in [-0.1, -0.05) is 42.5 Å². The second kappa shape index (κ2) is 7.22. The number of hydrogen-bond donors (Lipinski definition) is 1. The summed E-state index contributed by atoms with van der Waals surface area (Å²) >= 11 is 0. The molecule has 6 nitrogen and oxygen atoms in total. The minimum absolute atomic E-state index is 0.128. The number of aliphatic carboxylic acids is 1. The molecule has 0 amide bonds. The van der Waals surface area contributed by atoms with Crippen LogP contribution in [0.5, 0.6) is 17.2 Å². The largest absolute Gasteiger partial charge is 0.489 e. The summed E-state index contributed by atoms with van der Waals surface area (Å²) in [6.07, 6.45) is 0. The number of fused-ring (bicyclic) bond motifs is 2. The van der Waals surface area contributed by atoms with Gasteiger partial charge in [0.1, 0.15) is 18.3 Å². The Kier molecular flexibility index (Phi) is 4.39. The highest BCUT2D eigenvalue weighted by Crippen LogP contribution is 2.46. The van der Waals surface area contributed by atoms with Crippen LogP contribution in [0.25, 0.3) is 0 Å². The number of benzene rings is 3. The summed E-state index contributed by atoms with van der Waals surface area (Å²) < 4.78 is 16.6. The summed E-state index contributed by atoms with van der Waals surface area (Å²) in [7, 11) is 0. The van der Waals surface area contributed by atoms with Gasteiger partial charge in [0, 0.05) is 11.5 Å². The minimum atomic E-state index is -1.19. The van der Waals surface area contributed by atoms with Crippen molar-refractivity contribution in [3.63, 3.8) is 0 Å². The Labute approximate surface area is 172 Å². The molecule has 0 bridgehead atoms. The zero-order valence-corrected chi connectivity index (χ0v) is 15.9. The Balaban J connectivity index is 1.49. The highest BCUT2D eigenvalue weighted by atomic mass is 16.7. The summed E-state index contributed by atoms with van der Waals surface area (Å²) in [5.74, 6) is -1.65. The summed E-state index contributed by atoms with van der Waals surface area (Å²) in [5.41, 5.74) is 2.77. The first-order valence-corrected chi connectivity index (χ1v) is 9.59. The van der Waals surface area contributed by atoms with E-state index in [1.807, 2.05) is 30.3 Å². The third-order valence-electron chi connectivity index (χ3n) is 5.51. The number of rotatable bonds is 5. The smallest absolute Gasteiger partial charge is 0.315 e. The quantitative estimate of drug-likeness (QED) is 0.649. The Morgan fingerprint density at radius 1 is 1.00 bits per heavy atom. The van der Waals surface area contributed by atoms with E-state index >= 15 is 0 Å². The van der Waals surface area contributed by atoms with Crippen LogP contribution in [-0.2, 0) is 11.4 Å². The van der Waals surface area contributed by atoms with Gasteiger partial charge < -0.3 is 19.3 Å². The number of carboxylic acid groups (broad SMARTS) is 1. The van der Waals surface area contributed by atoms with Crippen LogP contribution < -0.4 is 14.2 Å². The Morgan fingerprint density at radius 2 is 1.80 bits per heavy atom. The van der Waals surface area contributed by atoms with Crippen molar-refractivity contribution in [3.05, 3.63) is 89.0 Å². The Morgan fingerprint density at radius 3 is 2.60 bits per heavy atom. The second-order valence-electron chi connectivity index (χ2n) is 7.29. The molecule has 3 aromatic rings. The lowest BCUT2D eigenvalue weighted by Crippen LogP contribution is -2.24. The molecule has 150 valence electrons. The summed E-state index contributed by atoms with van der Waals surface area (Å²) in [4.78, 5) is 25.0. The fourth-order valence-corrected chi connectivity index (χ4v) is 4.08. The van der Waals surface area contributed by atoms with Gasteiger partial charge in [-0.3, -0.25) is 9.59 Å². The van der Waals surface area contributed by atoms with Crippen molar-refractivity contribution in [3.8, 4) is 17.2 Å². The van der Waals surface area contributed by atoms with Crippen LogP contribution in [0, 0.1) is 5.92 Å². The SMILES string of the molecule is O=C(O)C1C(=O)c2cc(OCc3ccccc3)ccc2C1c1ccc2c(c1)OCO2. The summed E-state index contributed by atoms with van der Waals surface area (Å²) in [5, 5.41) is 9.79. The molecule has 0 fully saturated rings. The van der Waals surface area contributed by atoms with Crippen molar-refractivity contribution < 1.29 is 28.9 Å². The lowest BCUT2D eigenvalue weighted by Gasteiger charge is -2.17. The molecule has 0 spiro atoms. The standard InChI is InChI=1S/C24H18O6/c25-23-18-11-16(28-12-14-4-2-1-3-5-14)7-8-17(18)21(22(23)24(26)27)15-6-9-19-20(10-15)30-13-29-19/h1-11,21-22H,12-13H2,(H,26,27). The van der Waals surface area contributed by atoms with E-state index in [4.69, 9.17) is 14.2 Å². The molecule has 0 radical (unpaired) electrons. The van der Waals surface area contributed by atoms with Gasteiger partial charge in [-0.05, 0) is 41.0 Å². The van der Waals surface area contributed by atoms with Gasteiger partial charge in [0.25, 0.3) is 0 Å². The lowest BCUT2D eigenvalue weighted by molar-refractivity contribution is -0.140. The fraction of sp³-hybridized carbons (Fsp3) is 0.167. The molecular formula is C24H18O6. The molecule has 30 heavy (non-hydrogen) atoms. The van der Waals surface area contributed by atoms with Crippen LogP contribution in [0.1, 0.15) is 33.0 Å². The van der Waals surface area contributed by atoms with E-state index < -0.39 is 23.6 Å². The summed E-state index contributed by atoms with van der Waals surface area (Å²) in [6, 6.07) is 20.2. The molecule has 2 unspecified atom stereocenters. The van der Waals surface area contributed by atoms with Crippen LogP contribution in [0.15, 0.2) is 66.7 Å². The topological polar surface area (TPSA) is 82.1 Å². The van der Waals surface area contributed by atoms with Gasteiger partial charge in [-0.2, -0.15) is 0 Å². The van der Waals surface area contributed by atoms with Crippen LogP contribution >= 0.6 is 0 Å². The van der Waals surface area contributed by atoms with Gasteiger partial charge in [0.2, 0.25) is 6.79 Å². The number of carbonyl (C=O) groups is 2. The lowest BCUT2D eigenvalue weighted by atomic mass is 9.85. The molecule has 2 atom stereocenters. The van der Waals surface area contributed by atoms with E-state index in [1.54, 1.807) is 36.4 Å². The molecule has 3 aromatic carbocycles. The molecule has 2 aliphatic rings. The highest BCUT2D eigenvalue weighted by Gasteiger charge is 2.45. The van der Waals surface area contributed by atoms with Crippen LogP contribution in [0.2, 0.25) is 0 Å². The first-order valence-electron chi connectivity index (χ1n) is 9.59. The maximum atomic E-state index is 13.0. The average Bonchev–Trinajstić information content (AvgIpc) is 3.34. The highest BCUT2D eigenvalue weighted by molar-refractivity contribution is 6.13. The predicted octanol–water partition coefficient (Wildman–Crippen LogP) is 4.02. The monoisotopic (exact) mass is 402 g/mol. The van der Waals surface area contributed by atoms with E-state index in [0.29, 0.717) is 40.5 Å². The van der Waals surface area contributed by atoms with Crippen LogP contribution in [-0.4, -0.2) is 23.7 Å². The van der Waals surface area contributed by atoms with E-state index in [9.17, 15) is 14.7 Å². The Bertz CT molecular complexity index is 1140. The number of carboxylic acids is 1. The molecule has 1 heterocycles. The molecule has 0 saturated heterocycles. The first kappa shape index (κ1) is 18.2. The van der Waals surface area contributed by atoms with E-state index in [2.05, 4.69) is 0 Å². The van der Waals surface area contributed by atoms with Crippen molar-refractivity contribution in [2.45, 2.75) is 12.5 Å². The Hall–Kier alpha value is -3.80. The van der Waals surface area contributed by atoms with Gasteiger partial charge in [0.15, 0.2) is 17.3 Å². The van der Waals surface area contributed by atoms with Gasteiger partial charge in [-0.15, -0.1) is 0 Å². The number of carbonyl (C=O) groups excluding carboxylic acids is 1. The van der Waals surface area contributed by atoms with Crippen molar-refractivity contribution in [2.75, 3.05) is 6.79 Å². The zero-order chi connectivity index (χ0) is 20.7. The van der Waals surface area contributed by atoms with Crippen molar-refractivity contribution in [2.24, 2.45) is 5.92 Å². The molecule has 0 aromatic heterocycles. The van der Waals surface area contributed by atoms with Crippen LogP contribution in [0.3, 0.4) is 0 Å². The normalized spacial score (nSPS) is 18.9. The molecule has 0 saturated carbocycles. The minimum Gasteiger partial charge on any atom is -0.489 e. The third-order valence-corrected chi connectivity index (χ3v) is 5.51. The number of Topliss-reactive ketones (excluding diaryl/α,β-unsaturated/α-hetero) is 1. The predicted molar refractivity (Wildman–Crippen MR) is 107 cm³/mol. The van der Waals surface area contributed by atoms with E-state index in [0.717, 1.165) is 5.56 Å². The van der Waals surface area contributed by atoms with E-state index in [-0.39, 0.29) is 6.79 Å². The van der Waals surface area contributed by atoms with Gasteiger partial charge in [0.05, 0.1) is 0 Å². The molecule has 1 aliphatic heterocycles. The average molecular weight is 402 g/mol. The van der Waals surface area contributed by atoms with E-state index in [1.165, 1.54) is 0 Å². The molecule has 1 aliphatic carbocycles. The number of hydrogen-bond acceptors (Lipinski definition) is 5. The van der Waals surface area contributed by atoms with Crippen molar-refractivity contribution >= 4 is 11.8 Å². The fourth-order valence-electron chi connectivity index (χ4n) is 4.08. The molecule has 1 N–H and O–H groups in total. The van der Waals surface area contributed by atoms with Crippen molar-refractivity contribution in [1.29, 1.82) is 0 Å². The van der Waals surface area contributed by atoms with Gasteiger partial charge in [-0.25, -0.2) is 0 Å².